The second-order valence-electron chi connectivity index (χ2n) is 2.01. The average molecular weight is 150 g/mol. The summed E-state index contributed by atoms with van der Waals surface area (Å²) in [7, 11) is 0. The maximum Gasteiger partial charge on any atom is 0.198 e. The van der Waals surface area contributed by atoms with Crippen molar-refractivity contribution in [2.24, 2.45) is 4.99 Å². The van der Waals surface area contributed by atoms with Crippen LogP contribution >= 0.6 is 0 Å². The molecule has 1 aromatic heterocycles. The second kappa shape index (κ2) is 3.14. The van der Waals surface area contributed by atoms with Crippen LogP contribution in [0.4, 0.5) is 5.82 Å². The van der Waals surface area contributed by atoms with Gasteiger partial charge in [-0.25, -0.2) is 4.99 Å². The maximum atomic E-state index is 5.24. The quantitative estimate of drug-likeness (QED) is 0.619. The summed E-state index contributed by atoms with van der Waals surface area (Å²) in [5.74, 6) is 1.79. The summed E-state index contributed by atoms with van der Waals surface area (Å²) in [6.07, 6.45) is 2.34. The monoisotopic (exact) mass is 150 g/mol. The van der Waals surface area contributed by atoms with Gasteiger partial charge in [-0.2, -0.15) is 4.98 Å². The lowest BCUT2D eigenvalue weighted by Crippen LogP contribution is -1.74. The van der Waals surface area contributed by atoms with Crippen LogP contribution in [0.3, 0.4) is 0 Å². The van der Waals surface area contributed by atoms with Crippen molar-refractivity contribution in [2.45, 2.75) is 13.3 Å². The van der Waals surface area contributed by atoms with Gasteiger partial charge in [0.15, 0.2) is 17.5 Å². The molecule has 0 amide bonds. The van der Waals surface area contributed by atoms with Crippen molar-refractivity contribution < 1.29 is 4.42 Å². The first-order valence-electron chi connectivity index (χ1n) is 3.40. The molecular formula is C8H10N2O. The van der Waals surface area contributed by atoms with Crippen LogP contribution in [-0.4, -0.2) is 11.7 Å². The topological polar surface area (TPSA) is 38.4 Å². The lowest BCUT2D eigenvalue weighted by atomic mass is 10.5. The first-order valence-corrected chi connectivity index (χ1v) is 3.40. The van der Waals surface area contributed by atoms with E-state index in [1.165, 1.54) is 0 Å². The van der Waals surface area contributed by atoms with Gasteiger partial charge in [-0.15, -0.1) is 0 Å². The third-order valence-electron chi connectivity index (χ3n) is 1.32. The molecule has 11 heavy (non-hydrogen) atoms. The van der Waals surface area contributed by atoms with Crippen molar-refractivity contribution in [2.75, 3.05) is 0 Å². The smallest absolute Gasteiger partial charge is 0.198 e. The number of aromatic nitrogens is 1. The molecule has 0 saturated heterocycles. The Morgan fingerprint density at radius 2 is 2.45 bits per heavy atom. The fourth-order valence-corrected chi connectivity index (χ4v) is 0.766. The zero-order chi connectivity index (χ0) is 8.27. The summed E-state index contributed by atoms with van der Waals surface area (Å²) in [5.41, 5.74) is 0. The van der Waals surface area contributed by atoms with Crippen molar-refractivity contribution >= 4 is 18.6 Å². The fraction of sp³-hybridized carbons (Fsp3) is 0.250. The maximum absolute atomic E-state index is 5.24. The van der Waals surface area contributed by atoms with Gasteiger partial charge in [-0.1, -0.05) is 13.5 Å². The van der Waals surface area contributed by atoms with E-state index in [-0.39, 0.29) is 0 Å². The Morgan fingerprint density at radius 1 is 1.73 bits per heavy atom. The van der Waals surface area contributed by atoms with Crippen LogP contribution in [0.25, 0.3) is 6.08 Å². The van der Waals surface area contributed by atoms with E-state index >= 15 is 0 Å². The van der Waals surface area contributed by atoms with Crippen LogP contribution in [0.1, 0.15) is 18.6 Å². The average Bonchev–Trinajstić information content (AvgIpc) is 2.46. The normalized spacial score (nSPS) is 9.55. The molecule has 0 aromatic carbocycles. The lowest BCUT2D eigenvalue weighted by Gasteiger charge is -1.82. The van der Waals surface area contributed by atoms with E-state index in [0.717, 1.165) is 6.42 Å². The van der Waals surface area contributed by atoms with Gasteiger partial charge in [0, 0.05) is 6.42 Å². The summed E-state index contributed by atoms with van der Waals surface area (Å²) in [5, 5.41) is 0. The van der Waals surface area contributed by atoms with Gasteiger partial charge >= 0.3 is 0 Å². The number of aryl methyl sites for hydroxylation is 1. The number of aliphatic imine (C=N–C) groups is 1. The molecule has 0 aliphatic carbocycles. The summed E-state index contributed by atoms with van der Waals surface area (Å²) >= 11 is 0. The van der Waals surface area contributed by atoms with Crippen molar-refractivity contribution in [3.05, 3.63) is 18.2 Å². The minimum atomic E-state index is 0.525. The molecule has 0 bridgehead atoms. The molecule has 1 rings (SSSR count). The lowest BCUT2D eigenvalue weighted by molar-refractivity contribution is 0.494. The van der Waals surface area contributed by atoms with Gasteiger partial charge < -0.3 is 4.42 Å². The predicted molar refractivity (Wildman–Crippen MR) is 45.2 cm³/mol. The van der Waals surface area contributed by atoms with E-state index in [2.05, 4.69) is 23.3 Å². The van der Waals surface area contributed by atoms with Crippen LogP contribution in [0.15, 0.2) is 16.0 Å². The molecule has 0 aliphatic heterocycles. The Bertz CT molecular complexity index is 250. The molecule has 3 nitrogen and oxygen atoms in total. The summed E-state index contributed by atoms with van der Waals surface area (Å²) in [4.78, 5) is 7.73. The van der Waals surface area contributed by atoms with E-state index < -0.39 is 0 Å². The first-order chi connectivity index (χ1) is 5.31. The van der Waals surface area contributed by atoms with Crippen LogP contribution in [-0.2, 0) is 6.42 Å². The molecule has 0 unspecified atom stereocenters. The van der Waals surface area contributed by atoms with Gasteiger partial charge in [-0.3, -0.25) is 0 Å². The highest BCUT2D eigenvalue weighted by atomic mass is 16.4. The predicted octanol–water partition coefficient (Wildman–Crippen LogP) is 2.21. The number of rotatable bonds is 3. The largest absolute Gasteiger partial charge is 0.439 e. The van der Waals surface area contributed by atoms with E-state index in [1.54, 1.807) is 6.08 Å². The third kappa shape index (κ3) is 1.37. The molecule has 0 radical (unpaired) electrons. The molecule has 0 N–H and O–H groups in total. The number of oxazole rings is 1. The highest BCUT2D eigenvalue weighted by Crippen LogP contribution is 2.19. The molecule has 0 fully saturated rings. The molecule has 0 spiro atoms. The standard InChI is InChI=1S/C8H10N2O/c1-4-6-8(9-3)10-7(5-2)11-6/h4H,1,3,5H2,2H3. The summed E-state index contributed by atoms with van der Waals surface area (Å²) in [6.45, 7) is 8.90. The van der Waals surface area contributed by atoms with Crippen LogP contribution in [0.2, 0.25) is 0 Å². The Labute approximate surface area is 65.5 Å². The van der Waals surface area contributed by atoms with Gasteiger partial charge in [0.25, 0.3) is 0 Å². The molecule has 1 heterocycles. The third-order valence-corrected chi connectivity index (χ3v) is 1.32. The minimum absolute atomic E-state index is 0.525. The van der Waals surface area contributed by atoms with Crippen LogP contribution in [0, 0.1) is 0 Å². The Kier molecular flexibility index (Phi) is 2.21. The van der Waals surface area contributed by atoms with Gasteiger partial charge in [-0.05, 0) is 12.8 Å². The molecular weight excluding hydrogens is 140 g/mol. The molecule has 0 saturated carbocycles. The molecule has 3 heteroatoms. The van der Waals surface area contributed by atoms with Gasteiger partial charge in [0.2, 0.25) is 0 Å². The van der Waals surface area contributed by atoms with Gasteiger partial charge in [0.1, 0.15) is 0 Å². The van der Waals surface area contributed by atoms with Crippen molar-refractivity contribution in [1.82, 2.24) is 4.98 Å². The Hall–Kier alpha value is -1.38. The zero-order valence-electron chi connectivity index (χ0n) is 6.50. The number of hydrogen-bond acceptors (Lipinski definition) is 3. The SMILES string of the molecule is C=Cc1oc(CC)nc1N=C. The van der Waals surface area contributed by atoms with E-state index in [0.29, 0.717) is 17.5 Å². The van der Waals surface area contributed by atoms with E-state index in [4.69, 9.17) is 4.42 Å². The van der Waals surface area contributed by atoms with Gasteiger partial charge in [0.05, 0.1) is 0 Å². The summed E-state index contributed by atoms with van der Waals surface area (Å²) in [6, 6.07) is 0. The first kappa shape index (κ1) is 7.72. The van der Waals surface area contributed by atoms with E-state index in [1.807, 2.05) is 6.92 Å². The van der Waals surface area contributed by atoms with E-state index in [9.17, 15) is 0 Å². The molecule has 0 atom stereocenters. The van der Waals surface area contributed by atoms with Crippen molar-refractivity contribution in [3.8, 4) is 0 Å². The highest BCUT2D eigenvalue weighted by molar-refractivity contribution is 5.56. The van der Waals surface area contributed by atoms with Crippen LogP contribution in [0.5, 0.6) is 0 Å². The minimum Gasteiger partial charge on any atom is -0.439 e. The zero-order valence-corrected chi connectivity index (χ0v) is 6.50. The molecule has 0 aliphatic rings. The number of nitrogens with zero attached hydrogens (tertiary/aromatic N) is 2. The summed E-state index contributed by atoms with van der Waals surface area (Å²) < 4.78 is 5.24. The Morgan fingerprint density at radius 3 is 2.82 bits per heavy atom. The number of hydrogen-bond donors (Lipinski definition) is 0. The van der Waals surface area contributed by atoms with Crippen molar-refractivity contribution in [1.29, 1.82) is 0 Å². The second-order valence-corrected chi connectivity index (χ2v) is 2.01. The van der Waals surface area contributed by atoms with Crippen molar-refractivity contribution in [3.63, 3.8) is 0 Å². The molecule has 58 valence electrons. The Balaban J connectivity index is 3.11. The highest BCUT2D eigenvalue weighted by Gasteiger charge is 2.05. The fourth-order valence-electron chi connectivity index (χ4n) is 0.766. The molecule has 1 aromatic rings. The van der Waals surface area contributed by atoms with Crippen LogP contribution < -0.4 is 0 Å².